The molecule has 1 rings (SSSR count). The lowest BCUT2D eigenvalue weighted by Crippen LogP contribution is -1.96. The van der Waals surface area contributed by atoms with Gasteiger partial charge in [0.15, 0.2) is 0 Å². The SMILES string of the molecule is C=CCc1ccc([N+](=O)[O-])c(CC=C)c1. The van der Waals surface area contributed by atoms with E-state index >= 15 is 0 Å². The molecule has 3 nitrogen and oxygen atoms in total. The summed E-state index contributed by atoms with van der Waals surface area (Å²) in [6.45, 7) is 7.22. The van der Waals surface area contributed by atoms with Gasteiger partial charge in [0.2, 0.25) is 0 Å². The summed E-state index contributed by atoms with van der Waals surface area (Å²) >= 11 is 0. The van der Waals surface area contributed by atoms with Crippen molar-refractivity contribution >= 4 is 5.69 Å². The topological polar surface area (TPSA) is 43.1 Å². The summed E-state index contributed by atoms with van der Waals surface area (Å²) in [5.74, 6) is 0. The van der Waals surface area contributed by atoms with Crippen molar-refractivity contribution in [2.75, 3.05) is 0 Å². The number of hydrogen-bond donors (Lipinski definition) is 0. The Labute approximate surface area is 88.9 Å². The standard InChI is InChI=1S/C12H13NO2/c1-3-5-10-7-8-12(13(14)15)11(9-10)6-4-2/h3-4,7-9H,1-2,5-6H2. The Hall–Kier alpha value is -1.90. The second-order valence-corrected chi connectivity index (χ2v) is 3.21. The molecular weight excluding hydrogens is 190 g/mol. The van der Waals surface area contributed by atoms with Crippen LogP contribution in [-0.2, 0) is 12.8 Å². The van der Waals surface area contributed by atoms with Crippen LogP contribution in [0.25, 0.3) is 0 Å². The molecule has 0 aromatic heterocycles. The zero-order valence-electron chi connectivity index (χ0n) is 8.48. The molecule has 0 fully saturated rings. The van der Waals surface area contributed by atoms with E-state index in [9.17, 15) is 10.1 Å². The highest BCUT2D eigenvalue weighted by Gasteiger charge is 2.12. The van der Waals surface area contributed by atoms with E-state index in [1.807, 2.05) is 6.07 Å². The van der Waals surface area contributed by atoms with E-state index in [1.54, 1.807) is 18.2 Å². The number of allylic oxidation sites excluding steroid dienone is 2. The van der Waals surface area contributed by atoms with Gasteiger partial charge in [-0.2, -0.15) is 0 Å². The molecule has 1 aromatic rings. The molecule has 0 aliphatic rings. The Balaban J connectivity index is 3.13. The number of hydrogen-bond acceptors (Lipinski definition) is 2. The summed E-state index contributed by atoms with van der Waals surface area (Å²) in [6, 6.07) is 5.13. The fourth-order valence-corrected chi connectivity index (χ4v) is 1.43. The smallest absolute Gasteiger partial charge is 0.258 e. The molecule has 0 saturated carbocycles. The quantitative estimate of drug-likeness (QED) is 0.419. The average Bonchev–Trinajstić information content (AvgIpc) is 2.18. The Kier molecular flexibility index (Phi) is 3.80. The predicted molar refractivity (Wildman–Crippen MR) is 60.9 cm³/mol. The first-order valence-electron chi connectivity index (χ1n) is 4.67. The molecule has 0 amide bonds. The fraction of sp³-hybridized carbons (Fsp3) is 0.167. The largest absolute Gasteiger partial charge is 0.272 e. The highest BCUT2D eigenvalue weighted by molar-refractivity contribution is 5.44. The van der Waals surface area contributed by atoms with Crippen molar-refractivity contribution in [1.82, 2.24) is 0 Å². The van der Waals surface area contributed by atoms with Crippen LogP contribution in [0.5, 0.6) is 0 Å². The maximum atomic E-state index is 10.7. The van der Waals surface area contributed by atoms with Crippen molar-refractivity contribution in [2.24, 2.45) is 0 Å². The minimum Gasteiger partial charge on any atom is -0.258 e. The maximum absolute atomic E-state index is 10.7. The molecular formula is C12H13NO2. The van der Waals surface area contributed by atoms with Crippen LogP contribution in [-0.4, -0.2) is 4.92 Å². The zero-order valence-corrected chi connectivity index (χ0v) is 8.48. The summed E-state index contributed by atoms with van der Waals surface area (Å²) in [6.07, 6.45) is 4.68. The van der Waals surface area contributed by atoms with Crippen molar-refractivity contribution in [2.45, 2.75) is 12.8 Å². The van der Waals surface area contributed by atoms with E-state index in [0.29, 0.717) is 12.0 Å². The van der Waals surface area contributed by atoms with Crippen LogP contribution in [0.2, 0.25) is 0 Å². The highest BCUT2D eigenvalue weighted by atomic mass is 16.6. The van der Waals surface area contributed by atoms with Gasteiger partial charge in [-0.05, 0) is 24.5 Å². The maximum Gasteiger partial charge on any atom is 0.272 e. The van der Waals surface area contributed by atoms with Gasteiger partial charge in [0, 0.05) is 11.6 Å². The van der Waals surface area contributed by atoms with Gasteiger partial charge in [-0.25, -0.2) is 0 Å². The molecule has 0 unspecified atom stereocenters. The predicted octanol–water partition coefficient (Wildman–Crippen LogP) is 3.05. The molecule has 0 aliphatic heterocycles. The van der Waals surface area contributed by atoms with Crippen LogP contribution >= 0.6 is 0 Å². The first-order chi connectivity index (χ1) is 7.19. The van der Waals surface area contributed by atoms with Crippen LogP contribution in [0.3, 0.4) is 0 Å². The lowest BCUT2D eigenvalue weighted by Gasteiger charge is -2.02. The molecule has 0 spiro atoms. The average molecular weight is 203 g/mol. The summed E-state index contributed by atoms with van der Waals surface area (Å²) in [7, 11) is 0. The van der Waals surface area contributed by atoms with Gasteiger partial charge in [0.25, 0.3) is 5.69 Å². The molecule has 78 valence electrons. The lowest BCUT2D eigenvalue weighted by molar-refractivity contribution is -0.385. The highest BCUT2D eigenvalue weighted by Crippen LogP contribution is 2.21. The van der Waals surface area contributed by atoms with Crippen molar-refractivity contribution in [3.8, 4) is 0 Å². The minimum absolute atomic E-state index is 0.155. The van der Waals surface area contributed by atoms with Gasteiger partial charge in [-0.1, -0.05) is 18.2 Å². The van der Waals surface area contributed by atoms with Gasteiger partial charge < -0.3 is 0 Å². The normalized spacial score (nSPS) is 9.60. The van der Waals surface area contributed by atoms with Gasteiger partial charge >= 0.3 is 0 Å². The van der Waals surface area contributed by atoms with E-state index in [2.05, 4.69) is 13.2 Å². The van der Waals surface area contributed by atoms with Crippen molar-refractivity contribution in [3.05, 3.63) is 64.8 Å². The Morgan fingerprint density at radius 2 is 1.93 bits per heavy atom. The second kappa shape index (κ2) is 5.10. The van der Waals surface area contributed by atoms with Gasteiger partial charge in [0.05, 0.1) is 4.92 Å². The van der Waals surface area contributed by atoms with E-state index in [1.165, 1.54) is 6.07 Å². The number of benzene rings is 1. The Morgan fingerprint density at radius 1 is 1.27 bits per heavy atom. The second-order valence-electron chi connectivity index (χ2n) is 3.21. The van der Waals surface area contributed by atoms with Crippen molar-refractivity contribution < 1.29 is 4.92 Å². The third-order valence-corrected chi connectivity index (χ3v) is 2.08. The molecule has 0 heterocycles. The fourth-order valence-electron chi connectivity index (χ4n) is 1.43. The molecule has 0 N–H and O–H groups in total. The molecule has 0 aliphatic carbocycles. The number of nitro groups is 1. The minimum atomic E-state index is -0.365. The summed E-state index contributed by atoms with van der Waals surface area (Å²) in [4.78, 5) is 10.4. The van der Waals surface area contributed by atoms with E-state index < -0.39 is 0 Å². The third-order valence-electron chi connectivity index (χ3n) is 2.08. The molecule has 0 saturated heterocycles. The number of rotatable bonds is 5. The van der Waals surface area contributed by atoms with Gasteiger partial charge in [-0.3, -0.25) is 10.1 Å². The zero-order chi connectivity index (χ0) is 11.3. The van der Waals surface area contributed by atoms with Crippen molar-refractivity contribution in [1.29, 1.82) is 0 Å². The van der Waals surface area contributed by atoms with E-state index in [0.717, 1.165) is 12.0 Å². The molecule has 15 heavy (non-hydrogen) atoms. The Morgan fingerprint density at radius 3 is 2.47 bits per heavy atom. The Bertz CT molecular complexity index is 397. The van der Waals surface area contributed by atoms with Crippen LogP contribution in [0.4, 0.5) is 5.69 Å². The van der Waals surface area contributed by atoms with Crippen LogP contribution in [0, 0.1) is 10.1 Å². The number of nitrogens with zero attached hydrogens (tertiary/aromatic N) is 1. The molecule has 0 bridgehead atoms. The van der Waals surface area contributed by atoms with Gasteiger partial charge in [0.1, 0.15) is 0 Å². The molecule has 0 radical (unpaired) electrons. The van der Waals surface area contributed by atoms with Gasteiger partial charge in [-0.15, -0.1) is 13.2 Å². The van der Waals surface area contributed by atoms with Crippen LogP contribution in [0.1, 0.15) is 11.1 Å². The summed E-state index contributed by atoms with van der Waals surface area (Å²) in [5.41, 5.74) is 1.89. The molecule has 1 aromatic carbocycles. The summed E-state index contributed by atoms with van der Waals surface area (Å²) < 4.78 is 0. The first-order valence-corrected chi connectivity index (χ1v) is 4.67. The first kappa shape index (κ1) is 11.2. The van der Waals surface area contributed by atoms with Crippen molar-refractivity contribution in [3.63, 3.8) is 0 Å². The monoisotopic (exact) mass is 203 g/mol. The lowest BCUT2D eigenvalue weighted by atomic mass is 10.0. The van der Waals surface area contributed by atoms with E-state index in [-0.39, 0.29) is 10.6 Å². The third kappa shape index (κ3) is 2.77. The molecule has 0 atom stereocenters. The van der Waals surface area contributed by atoms with E-state index in [4.69, 9.17) is 0 Å². The molecule has 3 heteroatoms. The number of nitro benzene ring substituents is 1. The summed E-state index contributed by atoms with van der Waals surface area (Å²) in [5, 5.41) is 10.7. The van der Waals surface area contributed by atoms with Crippen LogP contribution < -0.4 is 0 Å². The van der Waals surface area contributed by atoms with Crippen LogP contribution in [0.15, 0.2) is 43.5 Å².